The van der Waals surface area contributed by atoms with Gasteiger partial charge in [0.05, 0.1) is 6.67 Å². The van der Waals surface area contributed by atoms with E-state index in [-0.39, 0.29) is 0 Å². The quantitative estimate of drug-likeness (QED) is 0.896. The smallest absolute Gasteiger partial charge is 0.0867 e. The number of benzene rings is 2. The van der Waals surface area contributed by atoms with Gasteiger partial charge < -0.3 is 10.2 Å². The molecule has 0 saturated carbocycles. The molecule has 2 heteroatoms. The Kier molecular flexibility index (Phi) is 3.50. The molecular formula is C17H18N2. The average Bonchev–Trinajstić information content (AvgIpc) is 3.00. The number of hydrogen-bond donors (Lipinski definition) is 1. The topological polar surface area (TPSA) is 15.3 Å². The highest BCUT2D eigenvalue weighted by atomic mass is 15.2. The maximum Gasteiger partial charge on any atom is 0.0867 e. The fourth-order valence-electron chi connectivity index (χ4n) is 2.30. The van der Waals surface area contributed by atoms with Crippen LogP contribution < -0.4 is 5.32 Å². The van der Waals surface area contributed by atoms with Crippen LogP contribution in [0.5, 0.6) is 0 Å². The highest BCUT2D eigenvalue weighted by Gasteiger charge is 2.03. The van der Waals surface area contributed by atoms with E-state index in [1.165, 1.54) is 16.7 Å². The van der Waals surface area contributed by atoms with Crippen LogP contribution in [0.3, 0.4) is 0 Å². The molecule has 1 heterocycles. The summed E-state index contributed by atoms with van der Waals surface area (Å²) < 4.78 is 0. The van der Waals surface area contributed by atoms with E-state index in [2.05, 4.69) is 71.0 Å². The van der Waals surface area contributed by atoms with Crippen LogP contribution in [0.4, 0.5) is 0 Å². The van der Waals surface area contributed by atoms with E-state index < -0.39 is 0 Å². The fourth-order valence-corrected chi connectivity index (χ4v) is 2.30. The van der Waals surface area contributed by atoms with E-state index in [9.17, 15) is 0 Å². The van der Waals surface area contributed by atoms with Crippen molar-refractivity contribution in [3.8, 4) is 11.1 Å². The summed E-state index contributed by atoms with van der Waals surface area (Å²) in [6.45, 7) is 2.00. The molecule has 0 unspecified atom stereocenters. The largest absolute Gasteiger partial charge is 0.373 e. The van der Waals surface area contributed by atoms with E-state index >= 15 is 0 Å². The first-order valence-electron chi connectivity index (χ1n) is 6.70. The van der Waals surface area contributed by atoms with E-state index in [0.29, 0.717) is 0 Å². The zero-order chi connectivity index (χ0) is 12.9. The van der Waals surface area contributed by atoms with Crippen molar-refractivity contribution in [1.82, 2.24) is 10.2 Å². The third-order valence-electron chi connectivity index (χ3n) is 3.45. The van der Waals surface area contributed by atoms with Gasteiger partial charge in [0.25, 0.3) is 0 Å². The maximum atomic E-state index is 3.18. The summed E-state index contributed by atoms with van der Waals surface area (Å²) in [5.74, 6) is 0. The van der Waals surface area contributed by atoms with Crippen molar-refractivity contribution >= 4 is 0 Å². The minimum atomic E-state index is 0.933. The van der Waals surface area contributed by atoms with Gasteiger partial charge in [-0.2, -0.15) is 0 Å². The van der Waals surface area contributed by atoms with Gasteiger partial charge in [0, 0.05) is 18.9 Å². The molecular weight excluding hydrogens is 232 g/mol. The molecule has 0 aliphatic carbocycles. The lowest BCUT2D eigenvalue weighted by atomic mass is 10.0. The molecule has 0 amide bonds. The van der Waals surface area contributed by atoms with Crippen LogP contribution in [-0.4, -0.2) is 18.1 Å². The molecule has 2 aromatic carbocycles. The zero-order valence-electron chi connectivity index (χ0n) is 10.9. The monoisotopic (exact) mass is 250 g/mol. The molecule has 96 valence electrons. The molecule has 1 aliphatic heterocycles. The van der Waals surface area contributed by atoms with Gasteiger partial charge in [0.15, 0.2) is 0 Å². The molecule has 0 radical (unpaired) electrons. The second-order valence-corrected chi connectivity index (χ2v) is 4.80. The van der Waals surface area contributed by atoms with Crippen LogP contribution in [0.15, 0.2) is 67.0 Å². The Bertz CT molecular complexity index is 543. The highest BCUT2D eigenvalue weighted by Crippen LogP contribution is 2.19. The van der Waals surface area contributed by atoms with Gasteiger partial charge in [-0.05, 0) is 23.1 Å². The zero-order valence-corrected chi connectivity index (χ0v) is 10.9. The van der Waals surface area contributed by atoms with E-state index in [4.69, 9.17) is 0 Å². The standard InChI is InChI=1S/C17H18N2/c1-2-4-16(5-3-1)17-8-6-15(7-9-17)10-12-19-13-11-18-14-19/h1-9,11,13,18H,10,12,14H2. The van der Waals surface area contributed by atoms with Crippen molar-refractivity contribution in [3.05, 3.63) is 72.6 Å². The van der Waals surface area contributed by atoms with Gasteiger partial charge in [-0.1, -0.05) is 54.6 Å². The van der Waals surface area contributed by atoms with Gasteiger partial charge in [-0.15, -0.1) is 0 Å². The Balaban J connectivity index is 1.64. The molecule has 19 heavy (non-hydrogen) atoms. The maximum absolute atomic E-state index is 3.18. The van der Waals surface area contributed by atoms with Crippen molar-refractivity contribution in [3.63, 3.8) is 0 Å². The summed E-state index contributed by atoms with van der Waals surface area (Å²) in [5, 5.41) is 3.18. The Morgan fingerprint density at radius 1 is 0.895 bits per heavy atom. The summed E-state index contributed by atoms with van der Waals surface area (Å²) in [7, 11) is 0. The highest BCUT2D eigenvalue weighted by molar-refractivity contribution is 5.63. The first kappa shape index (κ1) is 11.8. The summed E-state index contributed by atoms with van der Waals surface area (Å²) >= 11 is 0. The second kappa shape index (κ2) is 5.61. The van der Waals surface area contributed by atoms with Gasteiger partial charge in [0.2, 0.25) is 0 Å². The van der Waals surface area contributed by atoms with Crippen LogP contribution in [0.1, 0.15) is 5.56 Å². The molecule has 1 aliphatic rings. The van der Waals surface area contributed by atoms with Crippen molar-refractivity contribution in [1.29, 1.82) is 0 Å². The minimum absolute atomic E-state index is 0.933. The molecule has 1 N–H and O–H groups in total. The van der Waals surface area contributed by atoms with Gasteiger partial charge in [-0.3, -0.25) is 0 Å². The van der Waals surface area contributed by atoms with Crippen LogP contribution in [0.25, 0.3) is 11.1 Å². The summed E-state index contributed by atoms with van der Waals surface area (Å²) in [4.78, 5) is 2.28. The van der Waals surface area contributed by atoms with Crippen molar-refractivity contribution in [2.75, 3.05) is 13.2 Å². The SMILES string of the molecule is C1=CN(CCc2ccc(-c3ccccc3)cc2)CN1. The molecule has 0 spiro atoms. The molecule has 0 fully saturated rings. The predicted molar refractivity (Wildman–Crippen MR) is 79.4 cm³/mol. The fraction of sp³-hybridized carbons (Fsp3) is 0.176. The normalized spacial score (nSPS) is 13.6. The van der Waals surface area contributed by atoms with Gasteiger partial charge in [-0.25, -0.2) is 0 Å². The Morgan fingerprint density at radius 2 is 1.63 bits per heavy atom. The van der Waals surface area contributed by atoms with E-state index in [0.717, 1.165) is 19.6 Å². The Hall–Kier alpha value is -2.22. The molecule has 0 atom stereocenters. The van der Waals surface area contributed by atoms with E-state index in [1.54, 1.807) is 0 Å². The molecule has 0 aromatic heterocycles. The average molecular weight is 250 g/mol. The molecule has 2 nitrogen and oxygen atoms in total. The number of rotatable bonds is 4. The molecule has 0 saturated heterocycles. The molecule has 3 rings (SSSR count). The summed E-state index contributed by atoms with van der Waals surface area (Å²) in [5.41, 5.74) is 3.95. The third-order valence-corrected chi connectivity index (χ3v) is 3.45. The first-order valence-corrected chi connectivity index (χ1v) is 6.70. The van der Waals surface area contributed by atoms with Crippen LogP contribution in [0, 0.1) is 0 Å². The summed E-state index contributed by atoms with van der Waals surface area (Å²) in [6, 6.07) is 19.4. The van der Waals surface area contributed by atoms with Crippen LogP contribution in [0.2, 0.25) is 0 Å². The predicted octanol–water partition coefficient (Wildman–Crippen LogP) is 3.23. The Morgan fingerprint density at radius 3 is 2.32 bits per heavy atom. The first-order chi connectivity index (χ1) is 9.42. The van der Waals surface area contributed by atoms with Gasteiger partial charge in [0.1, 0.15) is 0 Å². The van der Waals surface area contributed by atoms with E-state index in [1.807, 2.05) is 6.20 Å². The van der Waals surface area contributed by atoms with Crippen molar-refractivity contribution < 1.29 is 0 Å². The Labute approximate surface area is 114 Å². The minimum Gasteiger partial charge on any atom is -0.373 e. The third kappa shape index (κ3) is 2.97. The number of nitrogens with zero attached hydrogens (tertiary/aromatic N) is 1. The van der Waals surface area contributed by atoms with Gasteiger partial charge >= 0.3 is 0 Å². The number of hydrogen-bond acceptors (Lipinski definition) is 2. The molecule has 0 bridgehead atoms. The summed E-state index contributed by atoms with van der Waals surface area (Å²) in [6.07, 6.45) is 5.19. The van der Waals surface area contributed by atoms with Crippen LogP contribution >= 0.6 is 0 Å². The second-order valence-electron chi connectivity index (χ2n) is 4.80. The van der Waals surface area contributed by atoms with Crippen molar-refractivity contribution in [2.45, 2.75) is 6.42 Å². The lowest BCUT2D eigenvalue weighted by Gasteiger charge is -2.14. The van der Waals surface area contributed by atoms with Crippen molar-refractivity contribution in [2.24, 2.45) is 0 Å². The molecule has 2 aromatic rings. The lowest BCUT2D eigenvalue weighted by molar-refractivity contribution is 0.395. The lowest BCUT2D eigenvalue weighted by Crippen LogP contribution is -2.22. The van der Waals surface area contributed by atoms with Crippen LogP contribution in [-0.2, 0) is 6.42 Å². The number of nitrogens with one attached hydrogen (secondary N) is 1.